The number of aryl methyl sites for hydroxylation is 1. The van der Waals surface area contributed by atoms with Crippen LogP contribution >= 0.6 is 0 Å². The number of hydrogen-bond donors (Lipinski definition) is 0. The lowest BCUT2D eigenvalue weighted by Gasteiger charge is -2.36. The van der Waals surface area contributed by atoms with E-state index in [1.807, 2.05) is 6.20 Å². The molecule has 0 spiro atoms. The van der Waals surface area contributed by atoms with Gasteiger partial charge in [0.2, 0.25) is 0 Å². The first-order valence-electron chi connectivity index (χ1n) is 9.17. The Labute approximate surface area is 149 Å². The number of aromatic nitrogens is 1. The van der Waals surface area contributed by atoms with Crippen LogP contribution in [0.4, 0.5) is 5.69 Å². The summed E-state index contributed by atoms with van der Waals surface area (Å²) in [5, 5.41) is 1.29. The Morgan fingerprint density at radius 3 is 2.48 bits per heavy atom. The van der Waals surface area contributed by atoms with Crippen molar-refractivity contribution in [3.63, 3.8) is 0 Å². The maximum Gasteiger partial charge on any atom is 0.0704 e. The fourth-order valence-electron chi connectivity index (χ4n) is 3.78. The van der Waals surface area contributed by atoms with Crippen molar-refractivity contribution in [2.24, 2.45) is 0 Å². The minimum atomic E-state index is 1.09. The van der Waals surface area contributed by atoms with E-state index in [2.05, 4.69) is 76.3 Å². The summed E-state index contributed by atoms with van der Waals surface area (Å²) >= 11 is 0. The van der Waals surface area contributed by atoms with E-state index >= 15 is 0 Å². The van der Waals surface area contributed by atoms with Gasteiger partial charge in [0.25, 0.3) is 0 Å². The number of hydrogen-bond acceptors (Lipinski definition) is 3. The normalized spacial score (nSPS) is 15.6. The minimum absolute atomic E-state index is 1.09. The van der Waals surface area contributed by atoms with E-state index in [1.54, 1.807) is 0 Å². The van der Waals surface area contributed by atoms with E-state index in [1.165, 1.54) is 22.2 Å². The lowest BCUT2D eigenvalue weighted by Crippen LogP contribution is -2.47. The van der Waals surface area contributed by atoms with Crippen molar-refractivity contribution < 1.29 is 0 Å². The van der Waals surface area contributed by atoms with Crippen LogP contribution in [0.3, 0.4) is 0 Å². The van der Waals surface area contributed by atoms with Crippen LogP contribution in [0, 0.1) is 6.92 Å². The predicted molar refractivity (Wildman–Crippen MR) is 105 cm³/mol. The monoisotopic (exact) mass is 331 g/mol. The van der Waals surface area contributed by atoms with Gasteiger partial charge in [0, 0.05) is 50.0 Å². The number of pyridine rings is 1. The van der Waals surface area contributed by atoms with Crippen LogP contribution in [0.25, 0.3) is 10.9 Å². The third kappa shape index (κ3) is 3.52. The van der Waals surface area contributed by atoms with Gasteiger partial charge in [0.15, 0.2) is 0 Å². The molecule has 1 saturated heterocycles. The maximum absolute atomic E-state index is 4.47. The van der Waals surface area contributed by atoms with E-state index < -0.39 is 0 Å². The van der Waals surface area contributed by atoms with Gasteiger partial charge in [0.05, 0.1) is 5.52 Å². The highest BCUT2D eigenvalue weighted by atomic mass is 15.3. The molecule has 0 unspecified atom stereocenters. The Morgan fingerprint density at radius 2 is 1.64 bits per heavy atom. The zero-order valence-corrected chi connectivity index (χ0v) is 14.9. The molecular formula is C22H25N3. The number of piperazine rings is 1. The van der Waals surface area contributed by atoms with Crippen molar-refractivity contribution >= 4 is 16.6 Å². The van der Waals surface area contributed by atoms with Crippen molar-refractivity contribution in [2.75, 3.05) is 37.6 Å². The molecule has 0 saturated carbocycles. The molecule has 1 aromatic heterocycles. The lowest BCUT2D eigenvalue weighted by molar-refractivity contribution is 0.261. The fourth-order valence-corrected chi connectivity index (χ4v) is 3.78. The molecule has 4 rings (SSSR count). The van der Waals surface area contributed by atoms with E-state index in [0.717, 1.165) is 44.7 Å². The molecule has 128 valence electrons. The first-order chi connectivity index (χ1) is 12.3. The summed E-state index contributed by atoms with van der Waals surface area (Å²) in [5.41, 5.74) is 5.28. The van der Waals surface area contributed by atoms with Gasteiger partial charge in [-0.25, -0.2) is 0 Å². The number of fused-ring (bicyclic) bond motifs is 1. The van der Waals surface area contributed by atoms with Crippen LogP contribution in [-0.4, -0.2) is 42.6 Å². The van der Waals surface area contributed by atoms with Gasteiger partial charge in [-0.2, -0.15) is 0 Å². The van der Waals surface area contributed by atoms with Crippen LogP contribution < -0.4 is 4.90 Å². The van der Waals surface area contributed by atoms with Gasteiger partial charge in [-0.05, 0) is 42.7 Å². The van der Waals surface area contributed by atoms with Crippen molar-refractivity contribution in [3.05, 3.63) is 71.9 Å². The molecule has 0 amide bonds. The smallest absolute Gasteiger partial charge is 0.0704 e. The summed E-state index contributed by atoms with van der Waals surface area (Å²) < 4.78 is 0. The van der Waals surface area contributed by atoms with Gasteiger partial charge < -0.3 is 4.90 Å². The van der Waals surface area contributed by atoms with Gasteiger partial charge in [0.1, 0.15) is 0 Å². The number of benzene rings is 2. The minimum Gasteiger partial charge on any atom is -0.369 e. The fraction of sp³-hybridized carbons (Fsp3) is 0.318. The summed E-state index contributed by atoms with van der Waals surface area (Å²) in [6.45, 7) is 7.82. The third-order valence-electron chi connectivity index (χ3n) is 5.27. The van der Waals surface area contributed by atoms with Crippen molar-refractivity contribution in [3.8, 4) is 0 Å². The Kier molecular flexibility index (Phi) is 4.66. The molecule has 1 aliphatic rings. The van der Waals surface area contributed by atoms with E-state index in [-0.39, 0.29) is 0 Å². The molecule has 3 heteroatoms. The molecule has 1 aliphatic heterocycles. The van der Waals surface area contributed by atoms with E-state index in [4.69, 9.17) is 0 Å². The molecular weight excluding hydrogens is 306 g/mol. The number of nitrogens with zero attached hydrogens (tertiary/aromatic N) is 3. The zero-order valence-electron chi connectivity index (χ0n) is 14.9. The number of anilines is 1. The molecule has 2 aromatic carbocycles. The van der Waals surface area contributed by atoms with Gasteiger partial charge in [-0.1, -0.05) is 36.4 Å². The summed E-state index contributed by atoms with van der Waals surface area (Å²) in [6, 6.07) is 19.3. The summed E-state index contributed by atoms with van der Waals surface area (Å²) in [6.07, 6.45) is 3.03. The largest absolute Gasteiger partial charge is 0.369 e. The van der Waals surface area contributed by atoms with Gasteiger partial charge in [-0.15, -0.1) is 0 Å². The Bertz CT molecular complexity index is 845. The van der Waals surface area contributed by atoms with E-state index in [0.29, 0.717) is 0 Å². The standard InChI is InChI=1S/C22H25N3/c1-18-6-2-5-9-22(18)25-16-14-24(15-17-25)13-11-19-10-12-23-21-8-4-3-7-20(19)21/h2-10,12H,11,13-17H2,1H3. The Balaban J connectivity index is 1.37. The van der Waals surface area contributed by atoms with Crippen LogP contribution in [0.1, 0.15) is 11.1 Å². The third-order valence-corrected chi connectivity index (χ3v) is 5.27. The van der Waals surface area contributed by atoms with Crippen molar-refractivity contribution in [1.29, 1.82) is 0 Å². The summed E-state index contributed by atoms with van der Waals surface area (Å²) in [5.74, 6) is 0. The molecule has 25 heavy (non-hydrogen) atoms. The lowest BCUT2D eigenvalue weighted by atomic mass is 10.1. The van der Waals surface area contributed by atoms with E-state index in [9.17, 15) is 0 Å². The molecule has 0 aliphatic carbocycles. The molecule has 3 nitrogen and oxygen atoms in total. The molecule has 0 bridgehead atoms. The predicted octanol–water partition coefficient (Wildman–Crippen LogP) is 3.91. The molecule has 3 aromatic rings. The maximum atomic E-state index is 4.47. The number of rotatable bonds is 4. The highest BCUT2D eigenvalue weighted by molar-refractivity contribution is 5.81. The van der Waals surface area contributed by atoms with Crippen molar-refractivity contribution in [2.45, 2.75) is 13.3 Å². The molecule has 2 heterocycles. The quantitative estimate of drug-likeness (QED) is 0.722. The average Bonchev–Trinajstić information content (AvgIpc) is 2.67. The molecule has 1 fully saturated rings. The first-order valence-corrected chi connectivity index (χ1v) is 9.17. The second-order valence-electron chi connectivity index (χ2n) is 6.85. The second kappa shape index (κ2) is 7.24. The van der Waals surface area contributed by atoms with Gasteiger partial charge >= 0.3 is 0 Å². The Hall–Kier alpha value is -2.39. The van der Waals surface area contributed by atoms with Crippen molar-refractivity contribution in [1.82, 2.24) is 9.88 Å². The zero-order chi connectivity index (χ0) is 17.1. The first kappa shape index (κ1) is 16.1. The Morgan fingerprint density at radius 1 is 0.880 bits per heavy atom. The summed E-state index contributed by atoms with van der Waals surface area (Å²) in [7, 11) is 0. The topological polar surface area (TPSA) is 19.4 Å². The van der Waals surface area contributed by atoms with Gasteiger partial charge in [-0.3, -0.25) is 9.88 Å². The SMILES string of the molecule is Cc1ccccc1N1CCN(CCc2ccnc3ccccc23)CC1. The van der Waals surface area contributed by atoms with Crippen LogP contribution in [0.2, 0.25) is 0 Å². The number of para-hydroxylation sites is 2. The highest BCUT2D eigenvalue weighted by Gasteiger charge is 2.18. The highest BCUT2D eigenvalue weighted by Crippen LogP contribution is 2.21. The van der Waals surface area contributed by atoms with Crippen LogP contribution in [0.5, 0.6) is 0 Å². The second-order valence-corrected chi connectivity index (χ2v) is 6.85. The molecule has 0 N–H and O–H groups in total. The molecule has 0 atom stereocenters. The van der Waals surface area contributed by atoms with Crippen LogP contribution in [0.15, 0.2) is 60.8 Å². The summed E-state index contributed by atoms with van der Waals surface area (Å²) in [4.78, 5) is 9.58. The van der Waals surface area contributed by atoms with Crippen LogP contribution in [-0.2, 0) is 6.42 Å². The molecule has 0 radical (unpaired) electrons. The average molecular weight is 331 g/mol.